The summed E-state index contributed by atoms with van der Waals surface area (Å²) in [5.74, 6) is -0.624. The summed E-state index contributed by atoms with van der Waals surface area (Å²) in [7, 11) is 2.86. The van der Waals surface area contributed by atoms with E-state index in [1.807, 2.05) is 0 Å². The van der Waals surface area contributed by atoms with Gasteiger partial charge in [-0.2, -0.15) is 18.3 Å². The van der Waals surface area contributed by atoms with Crippen LogP contribution in [0.5, 0.6) is 0 Å². The van der Waals surface area contributed by atoms with Crippen LogP contribution in [0.3, 0.4) is 0 Å². The molecule has 0 fully saturated rings. The van der Waals surface area contributed by atoms with Crippen molar-refractivity contribution in [1.82, 2.24) is 20.0 Å². The Morgan fingerprint density at radius 2 is 1.73 bits per heavy atom. The third kappa shape index (κ3) is 6.23. The second kappa shape index (κ2) is 7.16. The average Bonchev–Trinajstić information content (AvgIpc) is 2.77. The Morgan fingerprint density at radius 3 is 2.15 bits per heavy atom. The molecule has 0 saturated heterocycles. The summed E-state index contributed by atoms with van der Waals surface area (Å²) in [6.45, 7) is 8.10. The number of alkyl carbamates (subject to hydrolysis) is 1. The van der Waals surface area contributed by atoms with E-state index in [4.69, 9.17) is 4.74 Å². The van der Waals surface area contributed by atoms with Crippen LogP contribution in [-0.2, 0) is 17.5 Å². The normalized spacial score (nSPS) is 12.7. The zero-order valence-corrected chi connectivity index (χ0v) is 16.0. The van der Waals surface area contributed by atoms with Crippen LogP contribution >= 0.6 is 0 Å². The number of ether oxygens (including phenoxy) is 1. The molecule has 1 heterocycles. The number of halogens is 3. The summed E-state index contributed by atoms with van der Waals surface area (Å²) < 4.78 is 45.1. The first-order valence-corrected chi connectivity index (χ1v) is 7.90. The summed E-state index contributed by atoms with van der Waals surface area (Å²) >= 11 is 0. The quantitative estimate of drug-likeness (QED) is 0.874. The molecular formula is C16H25F3N4O3. The van der Waals surface area contributed by atoms with Gasteiger partial charge in [0.25, 0.3) is 5.91 Å². The van der Waals surface area contributed by atoms with E-state index in [-0.39, 0.29) is 12.2 Å². The average molecular weight is 378 g/mol. The lowest BCUT2D eigenvalue weighted by molar-refractivity contribution is -0.141. The largest absolute Gasteiger partial charge is 0.444 e. The molecule has 2 amide bonds. The molecule has 148 valence electrons. The standard InChI is InChI=1S/C16H25F3N4O3/c1-14(2,3)26-13(25)20-15(4,5)9-23-10(12(24)22(6)7)8-11(21-23)16(17,18)19/h8H,9H2,1-7H3,(H,20,25). The van der Waals surface area contributed by atoms with Crippen LogP contribution in [0.15, 0.2) is 6.07 Å². The molecule has 0 aliphatic rings. The highest BCUT2D eigenvalue weighted by atomic mass is 19.4. The number of nitrogens with one attached hydrogen (secondary N) is 1. The first-order chi connectivity index (χ1) is 11.5. The second-order valence-corrected chi connectivity index (χ2v) is 7.78. The van der Waals surface area contributed by atoms with E-state index in [0.29, 0.717) is 6.07 Å². The van der Waals surface area contributed by atoms with Crippen molar-refractivity contribution in [3.05, 3.63) is 17.5 Å². The third-order valence-electron chi connectivity index (χ3n) is 3.08. The minimum Gasteiger partial charge on any atom is -0.444 e. The first-order valence-electron chi connectivity index (χ1n) is 7.90. The number of aromatic nitrogens is 2. The molecule has 0 radical (unpaired) electrons. The summed E-state index contributed by atoms with van der Waals surface area (Å²) in [4.78, 5) is 25.3. The van der Waals surface area contributed by atoms with E-state index in [1.54, 1.807) is 34.6 Å². The zero-order valence-electron chi connectivity index (χ0n) is 16.0. The SMILES string of the molecule is CN(C)C(=O)c1cc(C(F)(F)F)nn1CC(C)(C)NC(=O)OC(C)(C)C. The van der Waals surface area contributed by atoms with Gasteiger partial charge in [-0.1, -0.05) is 0 Å². The fourth-order valence-electron chi connectivity index (χ4n) is 2.07. The summed E-state index contributed by atoms with van der Waals surface area (Å²) in [6.07, 6.45) is -5.40. The summed E-state index contributed by atoms with van der Waals surface area (Å²) in [5.41, 5.74) is -3.13. The van der Waals surface area contributed by atoms with Gasteiger partial charge in [-0.3, -0.25) is 9.48 Å². The van der Waals surface area contributed by atoms with Gasteiger partial charge in [0.15, 0.2) is 5.69 Å². The highest BCUT2D eigenvalue weighted by Gasteiger charge is 2.37. The van der Waals surface area contributed by atoms with Crippen LogP contribution in [-0.4, -0.2) is 51.9 Å². The monoisotopic (exact) mass is 378 g/mol. The molecule has 7 nitrogen and oxygen atoms in total. The van der Waals surface area contributed by atoms with Crippen LogP contribution in [0, 0.1) is 0 Å². The minimum absolute atomic E-state index is 0.156. The van der Waals surface area contributed by atoms with Gasteiger partial charge in [0.1, 0.15) is 11.3 Å². The van der Waals surface area contributed by atoms with Gasteiger partial charge < -0.3 is 15.0 Å². The molecule has 0 aliphatic carbocycles. The summed E-state index contributed by atoms with van der Waals surface area (Å²) in [6, 6.07) is 0.700. The Kier molecular flexibility index (Phi) is 6.00. The number of rotatable bonds is 4. The van der Waals surface area contributed by atoms with Gasteiger partial charge in [-0.25, -0.2) is 4.79 Å². The van der Waals surface area contributed by atoms with Gasteiger partial charge in [-0.05, 0) is 34.6 Å². The van der Waals surface area contributed by atoms with Crippen LogP contribution < -0.4 is 5.32 Å². The van der Waals surface area contributed by atoms with Crippen molar-refractivity contribution in [2.75, 3.05) is 14.1 Å². The van der Waals surface area contributed by atoms with E-state index in [0.717, 1.165) is 9.58 Å². The Labute approximate surface area is 150 Å². The molecule has 1 aromatic heterocycles. The molecule has 26 heavy (non-hydrogen) atoms. The van der Waals surface area contributed by atoms with Crippen molar-refractivity contribution < 1.29 is 27.5 Å². The van der Waals surface area contributed by atoms with Crippen molar-refractivity contribution in [1.29, 1.82) is 0 Å². The first kappa shape index (κ1) is 21.8. The Morgan fingerprint density at radius 1 is 1.19 bits per heavy atom. The molecule has 1 N–H and O–H groups in total. The Bertz CT molecular complexity index is 673. The van der Waals surface area contributed by atoms with Crippen LogP contribution in [0.25, 0.3) is 0 Å². The van der Waals surface area contributed by atoms with Crippen LogP contribution in [0.4, 0.5) is 18.0 Å². The van der Waals surface area contributed by atoms with E-state index in [2.05, 4.69) is 10.4 Å². The molecule has 10 heteroatoms. The van der Waals surface area contributed by atoms with Gasteiger partial charge in [-0.15, -0.1) is 0 Å². The van der Waals surface area contributed by atoms with E-state index >= 15 is 0 Å². The third-order valence-corrected chi connectivity index (χ3v) is 3.08. The predicted molar refractivity (Wildman–Crippen MR) is 88.7 cm³/mol. The maximum Gasteiger partial charge on any atom is 0.435 e. The Balaban J connectivity index is 3.11. The molecule has 0 saturated carbocycles. The van der Waals surface area contributed by atoms with Crippen molar-refractivity contribution >= 4 is 12.0 Å². The molecule has 0 unspecified atom stereocenters. The van der Waals surface area contributed by atoms with Gasteiger partial charge >= 0.3 is 12.3 Å². The Hall–Kier alpha value is -2.26. The highest BCUT2D eigenvalue weighted by molar-refractivity contribution is 5.92. The lowest BCUT2D eigenvalue weighted by Gasteiger charge is -2.29. The fourth-order valence-corrected chi connectivity index (χ4v) is 2.07. The maximum atomic E-state index is 13.0. The van der Waals surface area contributed by atoms with E-state index in [9.17, 15) is 22.8 Å². The zero-order chi connectivity index (χ0) is 20.5. The van der Waals surface area contributed by atoms with Crippen LogP contribution in [0.1, 0.15) is 50.8 Å². The molecule has 0 aromatic carbocycles. The van der Waals surface area contributed by atoms with Gasteiger partial charge in [0.05, 0.1) is 12.1 Å². The number of hydrogen-bond acceptors (Lipinski definition) is 4. The highest BCUT2D eigenvalue weighted by Crippen LogP contribution is 2.29. The lowest BCUT2D eigenvalue weighted by atomic mass is 10.1. The number of nitrogens with zero attached hydrogens (tertiary/aromatic N) is 3. The number of carbonyl (C=O) groups excluding carboxylic acids is 2. The van der Waals surface area contributed by atoms with E-state index in [1.165, 1.54) is 14.1 Å². The summed E-state index contributed by atoms with van der Waals surface area (Å²) in [5, 5.41) is 6.08. The maximum absolute atomic E-state index is 13.0. The van der Waals surface area contributed by atoms with Crippen molar-refractivity contribution in [2.45, 2.75) is 58.5 Å². The number of alkyl halides is 3. The van der Waals surface area contributed by atoms with Gasteiger partial charge in [0.2, 0.25) is 0 Å². The number of hydrogen-bond donors (Lipinski definition) is 1. The number of amides is 2. The van der Waals surface area contributed by atoms with Crippen molar-refractivity contribution in [3.8, 4) is 0 Å². The molecule has 1 aromatic rings. The molecular weight excluding hydrogens is 353 g/mol. The molecule has 1 rings (SSSR count). The van der Waals surface area contributed by atoms with Crippen molar-refractivity contribution in [3.63, 3.8) is 0 Å². The van der Waals surface area contributed by atoms with E-state index < -0.39 is 35.0 Å². The second-order valence-electron chi connectivity index (χ2n) is 7.78. The molecule has 0 aliphatic heterocycles. The molecule has 0 spiro atoms. The predicted octanol–water partition coefficient (Wildman–Crippen LogP) is 2.91. The number of carbonyl (C=O) groups is 2. The lowest BCUT2D eigenvalue weighted by Crippen LogP contribution is -2.49. The fraction of sp³-hybridized carbons (Fsp3) is 0.688. The topological polar surface area (TPSA) is 76.5 Å². The van der Waals surface area contributed by atoms with Gasteiger partial charge in [0, 0.05) is 20.2 Å². The van der Waals surface area contributed by atoms with Crippen molar-refractivity contribution in [2.24, 2.45) is 0 Å². The smallest absolute Gasteiger partial charge is 0.435 e. The molecule has 0 atom stereocenters. The van der Waals surface area contributed by atoms with Crippen LogP contribution in [0.2, 0.25) is 0 Å². The minimum atomic E-state index is -4.69. The molecule has 0 bridgehead atoms.